The van der Waals surface area contributed by atoms with Crippen LogP contribution in [0.5, 0.6) is 5.75 Å². The quantitative estimate of drug-likeness (QED) is 0.690. The van der Waals surface area contributed by atoms with Gasteiger partial charge in [-0.1, -0.05) is 6.07 Å². The maximum atomic E-state index is 10.8. The first kappa shape index (κ1) is 13.8. The first-order valence-corrected chi connectivity index (χ1v) is 7.35. The van der Waals surface area contributed by atoms with Crippen LogP contribution in [0.15, 0.2) is 30.7 Å². The maximum Gasteiger partial charge on any atom is 0.511 e. The second-order valence-electron chi connectivity index (χ2n) is 5.31. The smallest absolute Gasteiger partial charge is 0.449 e. The summed E-state index contributed by atoms with van der Waals surface area (Å²) in [5.74, 6) is 0.127. The highest BCUT2D eigenvalue weighted by Crippen LogP contribution is 2.30. The predicted octanol–water partition coefficient (Wildman–Crippen LogP) is 1.35. The van der Waals surface area contributed by atoms with E-state index in [0.717, 1.165) is 42.9 Å². The molecule has 4 rings (SSSR count). The Kier molecular flexibility index (Phi) is 3.23. The number of rotatable bonds is 2. The van der Waals surface area contributed by atoms with Crippen LogP contribution in [-0.2, 0) is 0 Å². The minimum Gasteiger partial charge on any atom is -0.449 e. The summed E-state index contributed by atoms with van der Waals surface area (Å²) in [6.07, 6.45) is 1.59. The Morgan fingerprint density at radius 2 is 2.13 bits per heavy atom. The van der Waals surface area contributed by atoms with E-state index >= 15 is 0 Å². The van der Waals surface area contributed by atoms with Crippen molar-refractivity contribution in [2.45, 2.75) is 0 Å². The number of fused-ring (bicyclic) bond motifs is 3. The van der Waals surface area contributed by atoms with Crippen LogP contribution >= 0.6 is 0 Å². The average Bonchev–Trinajstić information content (AvgIpc) is 2.95. The second kappa shape index (κ2) is 5.40. The molecule has 3 heterocycles. The lowest BCUT2D eigenvalue weighted by molar-refractivity contribution is 0.144. The molecule has 0 saturated carbocycles. The number of hydrogen-bond acceptors (Lipinski definition) is 6. The van der Waals surface area contributed by atoms with Crippen LogP contribution in [0.2, 0.25) is 0 Å². The molecule has 0 atom stereocenters. The van der Waals surface area contributed by atoms with Gasteiger partial charge in [-0.3, -0.25) is 4.40 Å². The van der Waals surface area contributed by atoms with Crippen molar-refractivity contribution in [3.05, 3.63) is 30.7 Å². The molecule has 0 radical (unpaired) electrons. The summed E-state index contributed by atoms with van der Waals surface area (Å²) in [5, 5.41) is 12.2. The van der Waals surface area contributed by atoms with Gasteiger partial charge in [0.15, 0.2) is 11.4 Å². The van der Waals surface area contributed by atoms with Crippen molar-refractivity contribution in [3.63, 3.8) is 0 Å². The van der Waals surface area contributed by atoms with Gasteiger partial charge in [0.1, 0.15) is 11.8 Å². The van der Waals surface area contributed by atoms with Gasteiger partial charge in [-0.15, -0.1) is 0 Å². The molecule has 8 heteroatoms. The lowest BCUT2D eigenvalue weighted by Gasteiger charge is -2.29. The summed E-state index contributed by atoms with van der Waals surface area (Å²) in [7, 11) is 0. The van der Waals surface area contributed by atoms with Gasteiger partial charge in [-0.05, 0) is 12.1 Å². The highest BCUT2D eigenvalue weighted by molar-refractivity contribution is 5.93. The van der Waals surface area contributed by atoms with Crippen molar-refractivity contribution in [3.8, 4) is 5.75 Å². The zero-order chi connectivity index (χ0) is 15.8. The minimum absolute atomic E-state index is 0.127. The molecule has 8 nitrogen and oxygen atoms in total. The molecule has 2 N–H and O–H groups in total. The number of imidazole rings is 1. The van der Waals surface area contributed by atoms with Crippen molar-refractivity contribution in [2.75, 3.05) is 31.1 Å². The number of aromatic nitrogens is 3. The molecule has 118 valence electrons. The van der Waals surface area contributed by atoms with Crippen LogP contribution in [-0.4, -0.2) is 51.8 Å². The maximum absolute atomic E-state index is 10.8. The lowest BCUT2D eigenvalue weighted by atomic mass is 10.2. The van der Waals surface area contributed by atoms with Gasteiger partial charge in [0, 0.05) is 26.2 Å². The number of hydrogen-bond donors (Lipinski definition) is 2. The summed E-state index contributed by atoms with van der Waals surface area (Å²) in [6, 6.07) is 5.94. The Bertz CT molecular complexity index is 885. The topological polar surface area (TPSA) is 92.0 Å². The molecule has 1 saturated heterocycles. The van der Waals surface area contributed by atoms with E-state index in [2.05, 4.69) is 20.2 Å². The highest BCUT2D eigenvalue weighted by atomic mass is 16.7. The van der Waals surface area contributed by atoms with Crippen LogP contribution in [0.25, 0.3) is 16.7 Å². The molecular weight excluding hydrogens is 298 g/mol. The van der Waals surface area contributed by atoms with E-state index in [1.54, 1.807) is 10.7 Å². The number of carboxylic acid groups (broad SMARTS) is 1. The molecule has 0 unspecified atom stereocenters. The molecule has 1 fully saturated rings. The van der Waals surface area contributed by atoms with Gasteiger partial charge < -0.3 is 20.1 Å². The largest absolute Gasteiger partial charge is 0.511 e. The van der Waals surface area contributed by atoms with E-state index < -0.39 is 6.16 Å². The average molecular weight is 313 g/mol. The Labute approximate surface area is 131 Å². The third-order valence-corrected chi connectivity index (χ3v) is 3.95. The van der Waals surface area contributed by atoms with Gasteiger partial charge in [0.25, 0.3) is 0 Å². The molecule has 0 amide bonds. The van der Waals surface area contributed by atoms with Gasteiger partial charge >= 0.3 is 6.16 Å². The second-order valence-corrected chi connectivity index (χ2v) is 5.31. The molecule has 23 heavy (non-hydrogen) atoms. The zero-order valence-corrected chi connectivity index (χ0v) is 12.3. The molecule has 1 aromatic carbocycles. The molecule has 0 spiro atoms. The zero-order valence-electron chi connectivity index (χ0n) is 12.3. The summed E-state index contributed by atoms with van der Waals surface area (Å²) < 4.78 is 6.54. The predicted molar refractivity (Wildman–Crippen MR) is 84.2 cm³/mol. The molecule has 1 aliphatic rings. The SMILES string of the molecule is O=C(O)Oc1cncn2c1nc1c(N3CCNCC3)cccc12. The van der Waals surface area contributed by atoms with Crippen LogP contribution in [0.4, 0.5) is 10.5 Å². The number of nitrogens with one attached hydrogen (secondary N) is 1. The standard InChI is InChI=1S/C15H15N5O3/c21-15(22)23-12-8-17-9-20-11-3-1-2-10(13(11)18-14(12)20)19-6-4-16-5-7-19/h1-3,8-9,16H,4-7H2,(H,21,22). The van der Waals surface area contributed by atoms with Gasteiger partial charge in [-0.25, -0.2) is 14.8 Å². The number of anilines is 1. The lowest BCUT2D eigenvalue weighted by Crippen LogP contribution is -2.43. The minimum atomic E-state index is -1.38. The van der Waals surface area contributed by atoms with Crippen LogP contribution in [0.1, 0.15) is 0 Å². The summed E-state index contributed by atoms with van der Waals surface area (Å²) >= 11 is 0. The molecule has 0 aliphatic carbocycles. The monoisotopic (exact) mass is 313 g/mol. The number of benzene rings is 1. The van der Waals surface area contributed by atoms with Gasteiger partial charge in [-0.2, -0.15) is 0 Å². The number of carbonyl (C=O) groups is 1. The van der Waals surface area contributed by atoms with Crippen molar-refractivity contribution in [1.82, 2.24) is 19.7 Å². The summed E-state index contributed by atoms with van der Waals surface area (Å²) in [4.78, 5) is 21.8. The first-order chi connectivity index (χ1) is 11.2. The Hall–Kier alpha value is -2.87. The van der Waals surface area contributed by atoms with E-state index in [4.69, 9.17) is 9.84 Å². The van der Waals surface area contributed by atoms with Gasteiger partial charge in [0.05, 0.1) is 17.4 Å². The van der Waals surface area contributed by atoms with E-state index in [0.29, 0.717) is 5.65 Å². The molecule has 3 aromatic rings. The Morgan fingerprint density at radius 3 is 2.91 bits per heavy atom. The normalized spacial score (nSPS) is 15.2. The Balaban J connectivity index is 1.91. The van der Waals surface area contributed by atoms with Crippen molar-refractivity contribution < 1.29 is 14.6 Å². The van der Waals surface area contributed by atoms with E-state index in [-0.39, 0.29) is 5.75 Å². The molecule has 1 aliphatic heterocycles. The summed E-state index contributed by atoms with van der Waals surface area (Å²) in [5.41, 5.74) is 3.17. The molecule has 2 aromatic heterocycles. The molecular formula is C15H15N5O3. The first-order valence-electron chi connectivity index (χ1n) is 7.35. The number of ether oxygens (including phenoxy) is 1. The summed E-state index contributed by atoms with van der Waals surface area (Å²) in [6.45, 7) is 3.67. The fourth-order valence-corrected chi connectivity index (χ4v) is 2.95. The van der Waals surface area contributed by atoms with E-state index in [9.17, 15) is 4.79 Å². The third kappa shape index (κ3) is 2.33. The van der Waals surface area contributed by atoms with Crippen LogP contribution < -0.4 is 15.0 Å². The van der Waals surface area contributed by atoms with E-state index in [1.807, 2.05) is 18.2 Å². The highest BCUT2D eigenvalue weighted by Gasteiger charge is 2.18. The number of nitrogens with zero attached hydrogens (tertiary/aromatic N) is 4. The van der Waals surface area contributed by atoms with Crippen LogP contribution in [0, 0.1) is 0 Å². The fraction of sp³-hybridized carbons (Fsp3) is 0.267. The van der Waals surface area contributed by atoms with E-state index in [1.165, 1.54) is 6.20 Å². The number of para-hydroxylation sites is 1. The Morgan fingerprint density at radius 1 is 1.30 bits per heavy atom. The number of piperazine rings is 1. The third-order valence-electron chi connectivity index (χ3n) is 3.95. The molecule has 0 bridgehead atoms. The van der Waals surface area contributed by atoms with Crippen molar-refractivity contribution in [1.29, 1.82) is 0 Å². The van der Waals surface area contributed by atoms with Crippen molar-refractivity contribution in [2.24, 2.45) is 0 Å². The fourth-order valence-electron chi connectivity index (χ4n) is 2.95. The van der Waals surface area contributed by atoms with Crippen molar-refractivity contribution >= 4 is 28.5 Å². The van der Waals surface area contributed by atoms with Crippen LogP contribution in [0.3, 0.4) is 0 Å². The van der Waals surface area contributed by atoms with Gasteiger partial charge in [0.2, 0.25) is 0 Å².